The molecule has 0 aromatic heterocycles. The molecule has 0 bridgehead atoms. The Labute approximate surface area is 106 Å². The Hall–Kier alpha value is -2.04. The fraction of sp³-hybridized carbons (Fsp3) is 0.143. The second-order valence-corrected chi connectivity index (χ2v) is 4.51. The van der Waals surface area contributed by atoms with Gasteiger partial charge in [-0.25, -0.2) is 11.0 Å². The summed E-state index contributed by atoms with van der Waals surface area (Å²) in [4.78, 5) is 0. The number of hydrogen-bond acceptors (Lipinski definition) is 4. The molecule has 4 N–H and O–H groups in total. The van der Waals surface area contributed by atoms with Crippen LogP contribution < -0.4 is 16.7 Å². The summed E-state index contributed by atoms with van der Waals surface area (Å²) >= 11 is 0. The van der Waals surface area contributed by atoms with Gasteiger partial charge in [0.25, 0.3) is 0 Å². The maximum absolute atomic E-state index is 6.12. The van der Waals surface area contributed by atoms with Gasteiger partial charge in [0, 0.05) is 13.1 Å². The predicted octanol–water partition coefficient (Wildman–Crippen LogP) is 1.88. The zero-order valence-corrected chi connectivity index (χ0v) is 10.1. The monoisotopic (exact) mass is 240 g/mol. The predicted molar refractivity (Wildman–Crippen MR) is 73.2 cm³/mol. The van der Waals surface area contributed by atoms with Crippen LogP contribution in [0.15, 0.2) is 48.5 Å². The molecule has 0 atom stereocenters. The molecule has 0 amide bonds. The van der Waals surface area contributed by atoms with E-state index in [4.69, 9.17) is 11.6 Å². The Bertz CT molecular complexity index is 553. The van der Waals surface area contributed by atoms with Gasteiger partial charge in [-0.05, 0) is 17.2 Å². The Morgan fingerprint density at radius 3 is 2.50 bits per heavy atom. The van der Waals surface area contributed by atoms with Crippen LogP contribution in [0.4, 0.5) is 11.4 Å². The number of hydrazine groups is 2. The first-order chi connectivity index (χ1) is 8.75. The molecule has 2 aromatic carbocycles. The van der Waals surface area contributed by atoms with Crippen molar-refractivity contribution in [3.8, 4) is 0 Å². The zero-order valence-electron chi connectivity index (χ0n) is 10.1. The van der Waals surface area contributed by atoms with Gasteiger partial charge in [-0.1, -0.05) is 42.5 Å². The van der Waals surface area contributed by atoms with E-state index in [1.54, 1.807) is 5.12 Å². The number of para-hydroxylation sites is 1. The van der Waals surface area contributed by atoms with Gasteiger partial charge < -0.3 is 5.73 Å². The lowest BCUT2D eigenvalue weighted by Crippen LogP contribution is -2.42. The highest BCUT2D eigenvalue weighted by molar-refractivity contribution is 5.72. The van der Waals surface area contributed by atoms with Crippen LogP contribution in [0.25, 0.3) is 0 Å². The van der Waals surface area contributed by atoms with E-state index >= 15 is 0 Å². The van der Waals surface area contributed by atoms with Gasteiger partial charge in [0.1, 0.15) is 0 Å². The highest BCUT2D eigenvalue weighted by Crippen LogP contribution is 2.34. The van der Waals surface area contributed by atoms with Crippen molar-refractivity contribution in [2.45, 2.75) is 13.1 Å². The molecular formula is C14H16N4. The Kier molecular flexibility index (Phi) is 2.66. The smallest absolute Gasteiger partial charge is 0.0977 e. The molecule has 1 aliphatic rings. The molecule has 1 heterocycles. The molecule has 2 aromatic rings. The summed E-state index contributed by atoms with van der Waals surface area (Å²) in [6.07, 6.45) is 0. The van der Waals surface area contributed by atoms with Gasteiger partial charge in [0.15, 0.2) is 0 Å². The van der Waals surface area contributed by atoms with Crippen LogP contribution in [-0.2, 0) is 13.1 Å². The Morgan fingerprint density at radius 2 is 1.78 bits per heavy atom. The summed E-state index contributed by atoms with van der Waals surface area (Å²) < 4.78 is 0. The van der Waals surface area contributed by atoms with Crippen molar-refractivity contribution in [1.82, 2.24) is 5.01 Å². The highest BCUT2D eigenvalue weighted by atomic mass is 15.8. The summed E-state index contributed by atoms with van der Waals surface area (Å²) in [5.41, 5.74) is 10.0. The third kappa shape index (κ3) is 1.81. The topological polar surface area (TPSA) is 58.5 Å². The van der Waals surface area contributed by atoms with E-state index in [9.17, 15) is 0 Å². The molecule has 0 unspecified atom stereocenters. The second-order valence-electron chi connectivity index (χ2n) is 4.51. The Morgan fingerprint density at radius 1 is 1.00 bits per heavy atom. The molecular weight excluding hydrogens is 224 g/mol. The lowest BCUT2D eigenvalue weighted by atomic mass is 10.1. The molecule has 18 heavy (non-hydrogen) atoms. The number of nitrogens with zero attached hydrogens (tertiary/aromatic N) is 2. The summed E-state index contributed by atoms with van der Waals surface area (Å²) in [6, 6.07) is 16.2. The molecule has 3 rings (SSSR count). The van der Waals surface area contributed by atoms with Gasteiger partial charge in [-0.2, -0.15) is 5.01 Å². The van der Waals surface area contributed by atoms with Crippen LogP contribution in [0.5, 0.6) is 0 Å². The first kappa shape index (κ1) is 11.1. The number of anilines is 2. The van der Waals surface area contributed by atoms with Crippen LogP contribution >= 0.6 is 0 Å². The highest BCUT2D eigenvalue weighted by Gasteiger charge is 2.26. The van der Waals surface area contributed by atoms with Crippen molar-refractivity contribution in [3.05, 3.63) is 59.7 Å². The van der Waals surface area contributed by atoms with Crippen LogP contribution in [-0.4, -0.2) is 5.01 Å². The van der Waals surface area contributed by atoms with Crippen molar-refractivity contribution in [2.75, 3.05) is 10.9 Å². The molecule has 4 heteroatoms. The van der Waals surface area contributed by atoms with E-state index < -0.39 is 0 Å². The van der Waals surface area contributed by atoms with Gasteiger partial charge in [0.05, 0.1) is 11.4 Å². The number of nitrogens with two attached hydrogens (primary N) is 2. The van der Waals surface area contributed by atoms with Gasteiger partial charge in [-0.15, -0.1) is 0 Å². The van der Waals surface area contributed by atoms with Crippen LogP contribution in [0.2, 0.25) is 0 Å². The summed E-state index contributed by atoms with van der Waals surface area (Å²) in [5, 5.41) is 3.74. The molecule has 0 saturated heterocycles. The van der Waals surface area contributed by atoms with Crippen molar-refractivity contribution < 1.29 is 0 Å². The van der Waals surface area contributed by atoms with E-state index in [0.717, 1.165) is 24.5 Å². The van der Waals surface area contributed by atoms with Crippen LogP contribution in [0.3, 0.4) is 0 Å². The van der Waals surface area contributed by atoms with E-state index in [0.29, 0.717) is 0 Å². The number of fused-ring (bicyclic) bond motifs is 1. The van der Waals surface area contributed by atoms with E-state index in [1.165, 1.54) is 11.1 Å². The number of rotatable bonds is 2. The fourth-order valence-corrected chi connectivity index (χ4v) is 2.36. The normalized spacial score (nSPS) is 14.8. The Balaban J connectivity index is 1.85. The van der Waals surface area contributed by atoms with Gasteiger partial charge in [-0.3, -0.25) is 0 Å². The van der Waals surface area contributed by atoms with Crippen LogP contribution in [0, 0.1) is 0 Å². The third-order valence-corrected chi connectivity index (χ3v) is 3.25. The third-order valence-electron chi connectivity index (χ3n) is 3.25. The van der Waals surface area contributed by atoms with E-state index in [2.05, 4.69) is 23.2 Å². The van der Waals surface area contributed by atoms with Gasteiger partial charge >= 0.3 is 0 Å². The van der Waals surface area contributed by atoms with Crippen molar-refractivity contribution >= 4 is 11.4 Å². The standard InChI is InChI=1S/C14H16N4/c15-13-8-4-7-12-10-17(18(16)14(12)13)9-11-5-2-1-3-6-11/h1-8H,9-10,15-16H2. The number of benzene rings is 2. The van der Waals surface area contributed by atoms with Gasteiger partial charge in [0.2, 0.25) is 0 Å². The fourth-order valence-electron chi connectivity index (χ4n) is 2.36. The number of hydrogen-bond donors (Lipinski definition) is 2. The first-order valence-electron chi connectivity index (χ1n) is 5.96. The molecule has 4 nitrogen and oxygen atoms in total. The molecule has 0 fully saturated rings. The minimum atomic E-state index is 0.727. The molecule has 0 spiro atoms. The summed E-state index contributed by atoms with van der Waals surface area (Å²) in [6.45, 7) is 1.58. The average molecular weight is 240 g/mol. The lowest BCUT2D eigenvalue weighted by molar-refractivity contribution is 0.256. The van der Waals surface area contributed by atoms with E-state index in [1.807, 2.05) is 30.3 Å². The minimum absolute atomic E-state index is 0.727. The van der Waals surface area contributed by atoms with Crippen molar-refractivity contribution in [2.24, 2.45) is 5.84 Å². The molecule has 1 aliphatic heterocycles. The molecule has 92 valence electrons. The number of nitrogen functional groups attached to an aromatic ring is 1. The van der Waals surface area contributed by atoms with Crippen LogP contribution in [0.1, 0.15) is 11.1 Å². The van der Waals surface area contributed by atoms with E-state index in [-0.39, 0.29) is 0 Å². The summed E-state index contributed by atoms with van der Waals surface area (Å²) in [7, 11) is 0. The summed E-state index contributed by atoms with van der Waals surface area (Å²) in [5.74, 6) is 6.12. The molecule has 0 saturated carbocycles. The second kappa shape index (κ2) is 4.33. The van der Waals surface area contributed by atoms with Crippen molar-refractivity contribution in [1.29, 1.82) is 0 Å². The maximum atomic E-state index is 6.12. The van der Waals surface area contributed by atoms with Crippen molar-refractivity contribution in [3.63, 3.8) is 0 Å². The maximum Gasteiger partial charge on any atom is 0.0977 e. The quantitative estimate of drug-likeness (QED) is 0.621. The first-order valence-corrected chi connectivity index (χ1v) is 5.96. The largest absolute Gasteiger partial charge is 0.397 e. The molecule has 0 radical (unpaired) electrons. The lowest BCUT2D eigenvalue weighted by Gasteiger charge is -2.25. The molecule has 0 aliphatic carbocycles. The minimum Gasteiger partial charge on any atom is -0.397 e. The zero-order chi connectivity index (χ0) is 12.5. The SMILES string of the molecule is Nc1cccc2c1N(N)N(Cc1ccccc1)C2. The average Bonchev–Trinajstić information content (AvgIpc) is 2.69.